The van der Waals surface area contributed by atoms with Crippen molar-refractivity contribution in [2.75, 3.05) is 17.0 Å². The number of anilines is 2. The molecular weight excluding hydrogens is 360 g/mol. The Labute approximate surface area is 143 Å². The third kappa shape index (κ3) is 3.39. The van der Waals surface area contributed by atoms with Gasteiger partial charge in [-0.05, 0) is 30.3 Å². The number of carbonyl (C=O) groups is 2. The van der Waals surface area contributed by atoms with Gasteiger partial charge in [-0.2, -0.15) is 13.2 Å². The van der Waals surface area contributed by atoms with Crippen molar-refractivity contribution in [1.29, 1.82) is 0 Å². The van der Waals surface area contributed by atoms with E-state index in [9.17, 15) is 27.2 Å². The Kier molecular flexibility index (Phi) is 4.41. The maximum Gasteiger partial charge on any atom is 0.419 e. The van der Waals surface area contributed by atoms with Crippen LogP contribution in [0, 0.1) is 5.82 Å². The number of nitrogens with zero attached hydrogens (tertiary/aromatic N) is 1. The number of rotatable bonds is 3. The van der Waals surface area contributed by atoms with Crippen molar-refractivity contribution in [2.45, 2.75) is 6.18 Å². The first-order valence-corrected chi connectivity index (χ1v) is 7.11. The number of nitrogens with one attached hydrogen (secondary N) is 1. The number of amides is 3. The Morgan fingerprint density at radius 1 is 1.12 bits per heavy atom. The summed E-state index contributed by atoms with van der Waals surface area (Å²) >= 11 is 0. The first-order chi connectivity index (χ1) is 12.3. The van der Waals surface area contributed by atoms with E-state index in [1.807, 2.05) is 0 Å². The molecule has 0 aliphatic carbocycles. The lowest BCUT2D eigenvalue weighted by Gasteiger charge is -2.17. The molecule has 1 aliphatic heterocycles. The number of hydrogen-bond donors (Lipinski definition) is 1. The standard InChI is InChI=1S/C16H10F4N2O4/c17-12-3-1-9(5-11(12)16(18,19)20)21-15(24)22(7-23)10-2-4-13-14(6-10)26-8-25-13/h1-7H,8H2,(H,21,24). The fourth-order valence-corrected chi connectivity index (χ4v) is 2.27. The third-order valence-corrected chi connectivity index (χ3v) is 3.48. The maximum atomic E-state index is 13.3. The van der Waals surface area contributed by atoms with Crippen LogP contribution >= 0.6 is 0 Å². The molecule has 1 aliphatic rings. The molecule has 0 fully saturated rings. The van der Waals surface area contributed by atoms with Gasteiger partial charge in [0.05, 0.1) is 11.3 Å². The largest absolute Gasteiger partial charge is 0.454 e. The number of fused-ring (bicyclic) bond motifs is 1. The zero-order valence-electron chi connectivity index (χ0n) is 12.8. The van der Waals surface area contributed by atoms with Crippen LogP contribution in [0.4, 0.5) is 33.7 Å². The van der Waals surface area contributed by atoms with E-state index in [0.29, 0.717) is 28.5 Å². The lowest BCUT2D eigenvalue weighted by molar-refractivity contribution is -0.139. The van der Waals surface area contributed by atoms with Crippen LogP contribution in [0.1, 0.15) is 5.56 Å². The summed E-state index contributed by atoms with van der Waals surface area (Å²) in [5, 5.41) is 2.12. The van der Waals surface area contributed by atoms with Crippen molar-refractivity contribution < 1.29 is 36.6 Å². The molecule has 0 saturated carbocycles. The minimum atomic E-state index is -4.92. The number of benzene rings is 2. The molecule has 0 radical (unpaired) electrons. The number of halogens is 4. The minimum absolute atomic E-state index is 0.0120. The Morgan fingerprint density at radius 2 is 1.85 bits per heavy atom. The number of urea groups is 1. The second-order valence-electron chi connectivity index (χ2n) is 5.14. The summed E-state index contributed by atoms with van der Waals surface area (Å²) in [5.41, 5.74) is -1.74. The quantitative estimate of drug-likeness (QED) is 0.660. The van der Waals surface area contributed by atoms with E-state index in [4.69, 9.17) is 9.47 Å². The highest BCUT2D eigenvalue weighted by molar-refractivity contribution is 6.12. The van der Waals surface area contributed by atoms with E-state index in [-0.39, 0.29) is 24.6 Å². The van der Waals surface area contributed by atoms with Gasteiger partial charge >= 0.3 is 12.2 Å². The summed E-state index contributed by atoms with van der Waals surface area (Å²) < 4.78 is 61.8. The van der Waals surface area contributed by atoms with Gasteiger partial charge in [0.1, 0.15) is 5.82 Å². The van der Waals surface area contributed by atoms with Gasteiger partial charge in [-0.25, -0.2) is 14.1 Å². The molecule has 0 atom stereocenters. The highest BCUT2D eigenvalue weighted by Gasteiger charge is 2.34. The van der Waals surface area contributed by atoms with Crippen LogP contribution in [0.5, 0.6) is 11.5 Å². The van der Waals surface area contributed by atoms with Gasteiger partial charge in [0.15, 0.2) is 11.5 Å². The first kappa shape index (κ1) is 17.5. The summed E-state index contributed by atoms with van der Waals surface area (Å²) in [7, 11) is 0. The molecule has 10 heteroatoms. The molecule has 26 heavy (non-hydrogen) atoms. The molecule has 0 unspecified atom stereocenters. The SMILES string of the molecule is O=CN(C(=O)Nc1ccc(F)c(C(F)(F)F)c1)c1ccc2c(c1)OCO2. The summed E-state index contributed by atoms with van der Waals surface area (Å²) in [4.78, 5) is 24.1. The van der Waals surface area contributed by atoms with Crippen molar-refractivity contribution in [2.24, 2.45) is 0 Å². The summed E-state index contributed by atoms with van der Waals surface area (Å²) in [6.45, 7) is -0.0120. The van der Waals surface area contributed by atoms with E-state index >= 15 is 0 Å². The van der Waals surface area contributed by atoms with E-state index in [1.54, 1.807) is 0 Å². The van der Waals surface area contributed by atoms with Gasteiger partial charge < -0.3 is 14.8 Å². The fourth-order valence-electron chi connectivity index (χ4n) is 2.27. The van der Waals surface area contributed by atoms with E-state index in [0.717, 1.165) is 6.07 Å². The van der Waals surface area contributed by atoms with Gasteiger partial charge in [0.25, 0.3) is 0 Å². The molecule has 1 N–H and O–H groups in total. The van der Waals surface area contributed by atoms with Crippen molar-refractivity contribution in [3.8, 4) is 11.5 Å². The molecule has 3 rings (SSSR count). The first-order valence-electron chi connectivity index (χ1n) is 7.11. The maximum absolute atomic E-state index is 13.3. The smallest absolute Gasteiger partial charge is 0.419 e. The van der Waals surface area contributed by atoms with Crippen LogP contribution in [0.15, 0.2) is 36.4 Å². The third-order valence-electron chi connectivity index (χ3n) is 3.48. The molecule has 6 nitrogen and oxygen atoms in total. The number of ether oxygens (including phenoxy) is 2. The van der Waals surface area contributed by atoms with Gasteiger partial charge in [-0.15, -0.1) is 0 Å². The van der Waals surface area contributed by atoms with Crippen molar-refractivity contribution in [1.82, 2.24) is 0 Å². The predicted octanol–water partition coefficient (Wildman–Crippen LogP) is 3.77. The molecule has 0 saturated heterocycles. The van der Waals surface area contributed by atoms with Gasteiger partial charge in [-0.1, -0.05) is 0 Å². The van der Waals surface area contributed by atoms with Crippen molar-refractivity contribution >= 4 is 23.8 Å². The summed E-state index contributed by atoms with van der Waals surface area (Å²) in [6, 6.07) is 5.17. The summed E-state index contributed by atoms with van der Waals surface area (Å²) in [5.74, 6) is -0.741. The fraction of sp³-hybridized carbons (Fsp3) is 0.125. The molecule has 136 valence electrons. The predicted molar refractivity (Wildman–Crippen MR) is 81.5 cm³/mol. The molecule has 0 aromatic heterocycles. The summed E-state index contributed by atoms with van der Waals surface area (Å²) in [6.07, 6.45) is -4.74. The second-order valence-corrected chi connectivity index (χ2v) is 5.14. The van der Waals surface area contributed by atoms with E-state index < -0.39 is 23.6 Å². The number of alkyl halides is 3. The topological polar surface area (TPSA) is 67.9 Å². The Balaban J connectivity index is 1.83. The highest BCUT2D eigenvalue weighted by atomic mass is 19.4. The van der Waals surface area contributed by atoms with Crippen LogP contribution in [0.3, 0.4) is 0 Å². The molecule has 2 aromatic carbocycles. The van der Waals surface area contributed by atoms with Crippen LogP contribution in [-0.4, -0.2) is 19.2 Å². The minimum Gasteiger partial charge on any atom is -0.454 e. The van der Waals surface area contributed by atoms with Gasteiger partial charge in [-0.3, -0.25) is 4.79 Å². The van der Waals surface area contributed by atoms with Crippen LogP contribution < -0.4 is 19.7 Å². The molecule has 0 spiro atoms. The highest BCUT2D eigenvalue weighted by Crippen LogP contribution is 2.36. The zero-order valence-corrected chi connectivity index (χ0v) is 12.8. The number of imide groups is 1. The van der Waals surface area contributed by atoms with Gasteiger partial charge in [0.2, 0.25) is 13.2 Å². The lowest BCUT2D eigenvalue weighted by Crippen LogP contribution is -2.33. The van der Waals surface area contributed by atoms with Gasteiger partial charge in [0, 0.05) is 11.8 Å². The Morgan fingerprint density at radius 3 is 2.54 bits per heavy atom. The monoisotopic (exact) mass is 370 g/mol. The van der Waals surface area contributed by atoms with Crippen molar-refractivity contribution in [3.63, 3.8) is 0 Å². The zero-order chi connectivity index (χ0) is 18.9. The molecule has 3 amide bonds. The molecule has 1 heterocycles. The average molecular weight is 370 g/mol. The van der Waals surface area contributed by atoms with Crippen LogP contribution in [0.2, 0.25) is 0 Å². The van der Waals surface area contributed by atoms with Crippen LogP contribution in [-0.2, 0) is 11.0 Å². The molecule has 0 bridgehead atoms. The molecular formula is C16H10F4N2O4. The van der Waals surface area contributed by atoms with Crippen LogP contribution in [0.25, 0.3) is 0 Å². The number of hydrogen-bond acceptors (Lipinski definition) is 4. The van der Waals surface area contributed by atoms with Crippen molar-refractivity contribution in [3.05, 3.63) is 47.8 Å². The molecule has 2 aromatic rings. The Hall–Kier alpha value is -3.30. The van der Waals surface area contributed by atoms with E-state index in [2.05, 4.69) is 5.32 Å². The second kappa shape index (κ2) is 6.54. The van der Waals surface area contributed by atoms with E-state index in [1.165, 1.54) is 18.2 Å². The number of carbonyl (C=O) groups excluding carboxylic acids is 2. The Bertz CT molecular complexity index is 870. The lowest BCUT2D eigenvalue weighted by atomic mass is 10.2. The normalized spacial score (nSPS) is 12.6. The average Bonchev–Trinajstić information content (AvgIpc) is 3.04.